The van der Waals surface area contributed by atoms with Gasteiger partial charge in [0.25, 0.3) is 0 Å². The van der Waals surface area contributed by atoms with Gasteiger partial charge in [-0.05, 0) is 52.4 Å². The van der Waals surface area contributed by atoms with Crippen molar-refractivity contribution in [3.8, 4) is 34.1 Å². The number of fused-ring (bicyclic) bond motifs is 1. The molecule has 5 aromatic rings. The van der Waals surface area contributed by atoms with E-state index in [2.05, 4.69) is 74.2 Å². The molecule has 8 heteroatoms. The number of benzene rings is 3. The van der Waals surface area contributed by atoms with Crippen LogP contribution < -0.4 is 11.1 Å². The molecule has 2 unspecified atom stereocenters. The maximum Gasteiger partial charge on any atom is 0.146 e. The van der Waals surface area contributed by atoms with Crippen LogP contribution in [0.25, 0.3) is 33.3 Å². The van der Waals surface area contributed by atoms with E-state index in [1.165, 1.54) is 0 Å². The third-order valence-electron chi connectivity index (χ3n) is 5.23. The van der Waals surface area contributed by atoms with Crippen LogP contribution in [0, 0.1) is 11.8 Å². The first kappa shape index (κ1) is 21.9. The standard InChI is InChI=1S/C26H18N4O2P2/c31-15-33-25-27-14-22(28-25)11-3-17-1-4-18(5-2-17)19-6-8-20(9-7-19)21-10-12-23-24(13-21)30-26(29-23)34-16-32/h1-2,4-10,12-16,33-34H,(H,27,28)(H,29,30). The monoisotopic (exact) mass is 480 g/mol. The molecule has 0 bridgehead atoms. The molecule has 0 spiro atoms. The second kappa shape index (κ2) is 9.93. The summed E-state index contributed by atoms with van der Waals surface area (Å²) in [7, 11) is 0.0528. The Morgan fingerprint density at radius 2 is 1.32 bits per heavy atom. The smallest absolute Gasteiger partial charge is 0.146 e. The average molecular weight is 480 g/mol. The van der Waals surface area contributed by atoms with Gasteiger partial charge in [0.2, 0.25) is 0 Å². The van der Waals surface area contributed by atoms with Crippen molar-refractivity contribution in [1.29, 1.82) is 0 Å². The Morgan fingerprint density at radius 3 is 2.03 bits per heavy atom. The summed E-state index contributed by atoms with van der Waals surface area (Å²) in [5, 5.41) is 0. The summed E-state index contributed by atoms with van der Waals surface area (Å²) in [5.41, 5.74) is 9.16. The number of aromatic nitrogens is 4. The van der Waals surface area contributed by atoms with Crippen molar-refractivity contribution in [2.75, 3.05) is 0 Å². The molecular weight excluding hydrogens is 462 g/mol. The first-order valence-electron chi connectivity index (χ1n) is 10.4. The second-order valence-corrected chi connectivity index (χ2v) is 9.39. The number of imidazole rings is 2. The molecule has 164 valence electrons. The van der Waals surface area contributed by atoms with Gasteiger partial charge in [-0.3, -0.25) is 9.59 Å². The highest BCUT2D eigenvalue weighted by Gasteiger charge is 2.06. The van der Waals surface area contributed by atoms with E-state index in [0.717, 1.165) is 50.9 Å². The molecule has 0 aliphatic heterocycles. The van der Waals surface area contributed by atoms with Crippen molar-refractivity contribution in [3.63, 3.8) is 0 Å². The number of carbonyl (C=O) groups excluding carboxylic acids is 2. The number of H-pyrrole nitrogens is 2. The van der Waals surface area contributed by atoms with Crippen molar-refractivity contribution < 1.29 is 9.59 Å². The van der Waals surface area contributed by atoms with Crippen LogP contribution in [0.2, 0.25) is 0 Å². The molecule has 0 aliphatic carbocycles. The molecule has 3 aromatic carbocycles. The van der Waals surface area contributed by atoms with E-state index in [9.17, 15) is 9.59 Å². The van der Waals surface area contributed by atoms with Crippen LogP contribution in [-0.4, -0.2) is 32.0 Å². The number of hydrogen-bond acceptors (Lipinski definition) is 4. The Kier molecular flexibility index (Phi) is 6.40. The van der Waals surface area contributed by atoms with Crippen LogP contribution in [0.1, 0.15) is 11.3 Å². The fourth-order valence-corrected chi connectivity index (χ4v) is 4.53. The highest BCUT2D eigenvalue weighted by molar-refractivity contribution is 7.62. The van der Waals surface area contributed by atoms with E-state index in [4.69, 9.17) is 0 Å². The van der Waals surface area contributed by atoms with E-state index in [1.807, 2.05) is 24.3 Å². The van der Waals surface area contributed by atoms with Gasteiger partial charge in [-0.15, -0.1) is 0 Å². The molecule has 0 amide bonds. The van der Waals surface area contributed by atoms with Crippen LogP contribution in [0.3, 0.4) is 0 Å². The molecule has 0 saturated carbocycles. The van der Waals surface area contributed by atoms with Crippen molar-refractivity contribution in [2.45, 2.75) is 0 Å². The maximum atomic E-state index is 10.8. The van der Waals surface area contributed by atoms with Gasteiger partial charge in [-0.1, -0.05) is 48.4 Å². The average Bonchev–Trinajstić information content (AvgIpc) is 3.49. The predicted octanol–water partition coefficient (Wildman–Crippen LogP) is 4.01. The Morgan fingerprint density at radius 1 is 0.706 bits per heavy atom. The minimum absolute atomic E-state index is 0.0162. The molecule has 2 heterocycles. The zero-order chi connectivity index (χ0) is 23.3. The van der Waals surface area contributed by atoms with Crippen LogP contribution in [-0.2, 0) is 9.59 Å². The van der Waals surface area contributed by atoms with Gasteiger partial charge >= 0.3 is 0 Å². The normalized spacial score (nSPS) is 11.3. The fraction of sp³-hybridized carbons (Fsp3) is 0. The highest BCUT2D eigenvalue weighted by atomic mass is 31.1. The number of hydrogen-bond donors (Lipinski definition) is 2. The van der Waals surface area contributed by atoms with Gasteiger partial charge in [0.1, 0.15) is 28.9 Å². The maximum absolute atomic E-state index is 10.8. The molecule has 0 fully saturated rings. The molecule has 5 rings (SSSR count). The lowest BCUT2D eigenvalue weighted by molar-refractivity contribution is 0.569. The number of aromatic amines is 2. The van der Waals surface area contributed by atoms with Gasteiger partial charge in [-0.2, -0.15) is 0 Å². The summed E-state index contributed by atoms with van der Waals surface area (Å²) in [4.78, 5) is 36.1. The fourth-order valence-electron chi connectivity index (χ4n) is 3.57. The van der Waals surface area contributed by atoms with Gasteiger partial charge in [-0.25, -0.2) is 9.97 Å². The molecule has 2 N–H and O–H groups in total. The predicted molar refractivity (Wildman–Crippen MR) is 141 cm³/mol. The highest BCUT2D eigenvalue weighted by Crippen LogP contribution is 2.27. The SMILES string of the molecule is O=CPc1ncc(C#Cc2ccc(-c3ccc(-c4ccc5nc(PC=O)[nH]c5c4)cc3)cc2)[nH]1. The zero-order valence-electron chi connectivity index (χ0n) is 17.8. The topological polar surface area (TPSA) is 91.5 Å². The third-order valence-corrected chi connectivity index (χ3v) is 6.50. The third kappa shape index (κ3) is 4.87. The Hall–Kier alpha value is -3.90. The minimum Gasteiger partial charge on any atom is -0.338 e. The second-order valence-electron chi connectivity index (χ2n) is 7.39. The van der Waals surface area contributed by atoms with Gasteiger partial charge in [0.05, 0.1) is 17.2 Å². The first-order chi connectivity index (χ1) is 16.7. The van der Waals surface area contributed by atoms with Gasteiger partial charge in [0.15, 0.2) is 0 Å². The molecule has 6 nitrogen and oxygen atoms in total. The summed E-state index contributed by atoms with van der Waals surface area (Å²) in [6.07, 6.45) is 1.64. The van der Waals surface area contributed by atoms with Crippen LogP contribution in [0.4, 0.5) is 0 Å². The molecule has 0 aliphatic rings. The summed E-state index contributed by atoms with van der Waals surface area (Å²) < 4.78 is 0. The molecule has 34 heavy (non-hydrogen) atoms. The van der Waals surface area contributed by atoms with Crippen LogP contribution >= 0.6 is 17.2 Å². The van der Waals surface area contributed by atoms with E-state index in [0.29, 0.717) is 16.8 Å². The quantitative estimate of drug-likeness (QED) is 0.218. The zero-order valence-corrected chi connectivity index (χ0v) is 19.8. The van der Waals surface area contributed by atoms with E-state index in [-0.39, 0.29) is 17.2 Å². The largest absolute Gasteiger partial charge is 0.338 e. The molecule has 2 atom stereocenters. The number of rotatable bonds is 6. The lowest BCUT2D eigenvalue weighted by Gasteiger charge is -2.05. The van der Waals surface area contributed by atoms with Crippen molar-refractivity contribution >= 4 is 51.4 Å². The number of nitrogens with zero attached hydrogens (tertiary/aromatic N) is 2. The Bertz CT molecular complexity index is 1540. The van der Waals surface area contributed by atoms with E-state index in [1.54, 1.807) is 6.20 Å². The molecular formula is C26H18N4O2P2. The Labute approximate surface area is 199 Å². The lowest BCUT2D eigenvalue weighted by atomic mass is 9.99. The summed E-state index contributed by atoms with van der Waals surface area (Å²) in [6.45, 7) is 0. The lowest BCUT2D eigenvalue weighted by Crippen LogP contribution is -1.97. The van der Waals surface area contributed by atoms with E-state index < -0.39 is 0 Å². The van der Waals surface area contributed by atoms with E-state index >= 15 is 0 Å². The minimum atomic E-state index is 0.0162. The van der Waals surface area contributed by atoms with Gasteiger partial charge in [0, 0.05) is 22.7 Å². The summed E-state index contributed by atoms with van der Waals surface area (Å²) >= 11 is 0. The van der Waals surface area contributed by atoms with Crippen molar-refractivity contribution in [1.82, 2.24) is 19.9 Å². The molecule has 0 saturated heterocycles. The van der Waals surface area contributed by atoms with Crippen LogP contribution in [0.15, 0.2) is 72.9 Å². The first-order valence-corrected chi connectivity index (χ1v) is 12.6. The summed E-state index contributed by atoms with van der Waals surface area (Å²) in [5.74, 6) is 6.16. The molecule has 0 radical (unpaired) electrons. The van der Waals surface area contributed by atoms with Crippen LogP contribution in [0.5, 0.6) is 0 Å². The number of nitrogens with one attached hydrogen (secondary N) is 2. The Balaban J connectivity index is 1.31. The van der Waals surface area contributed by atoms with Gasteiger partial charge < -0.3 is 9.97 Å². The molecule has 2 aromatic heterocycles. The van der Waals surface area contributed by atoms with Crippen molar-refractivity contribution in [3.05, 3.63) is 84.2 Å². The number of carbonyl (C=O) groups is 2. The summed E-state index contributed by atoms with van der Waals surface area (Å²) in [6, 6.07) is 24.3. The van der Waals surface area contributed by atoms with Crippen molar-refractivity contribution in [2.24, 2.45) is 0 Å².